The summed E-state index contributed by atoms with van der Waals surface area (Å²) >= 11 is 4.99. The van der Waals surface area contributed by atoms with Crippen molar-refractivity contribution in [3.05, 3.63) is 42.0 Å². The van der Waals surface area contributed by atoms with Crippen LogP contribution in [-0.4, -0.2) is 25.5 Å². The van der Waals surface area contributed by atoms with Crippen molar-refractivity contribution in [3.63, 3.8) is 0 Å². The SMILES string of the molecule is CNC(=S)N[NH+]=Cc1c(OC)ccc2ccccc12. The quantitative estimate of drug-likeness (QED) is 0.430. The van der Waals surface area contributed by atoms with Gasteiger partial charge in [-0.05, 0) is 29.1 Å². The largest absolute Gasteiger partial charge is 0.496 e. The lowest BCUT2D eigenvalue weighted by atomic mass is 10.0. The summed E-state index contributed by atoms with van der Waals surface area (Å²) in [5.41, 5.74) is 3.83. The number of methoxy groups -OCH3 is 1. The number of ether oxygens (including phenoxy) is 1. The normalized spacial score (nSPS) is 10.6. The Morgan fingerprint density at radius 2 is 2.05 bits per heavy atom. The topological polar surface area (TPSA) is 47.3 Å². The molecule has 4 nitrogen and oxygen atoms in total. The van der Waals surface area contributed by atoms with E-state index >= 15 is 0 Å². The Kier molecular flexibility index (Phi) is 4.30. The summed E-state index contributed by atoms with van der Waals surface area (Å²) in [4.78, 5) is 0. The van der Waals surface area contributed by atoms with Crippen molar-refractivity contribution in [3.8, 4) is 5.75 Å². The average Bonchev–Trinajstić information content (AvgIpc) is 2.47. The van der Waals surface area contributed by atoms with Crippen LogP contribution in [0.4, 0.5) is 0 Å². The molecule has 0 bridgehead atoms. The lowest BCUT2D eigenvalue weighted by Gasteiger charge is -2.06. The Hall–Kier alpha value is -2.14. The number of fused-ring (bicyclic) bond motifs is 1. The van der Waals surface area contributed by atoms with E-state index in [2.05, 4.69) is 28.0 Å². The molecule has 0 fully saturated rings. The fraction of sp³-hybridized carbons (Fsp3) is 0.143. The highest BCUT2D eigenvalue weighted by Crippen LogP contribution is 2.25. The summed E-state index contributed by atoms with van der Waals surface area (Å²) in [6, 6.07) is 12.1. The number of benzene rings is 2. The fourth-order valence-corrected chi connectivity index (χ4v) is 1.90. The summed E-state index contributed by atoms with van der Waals surface area (Å²) in [5.74, 6) is 0.809. The summed E-state index contributed by atoms with van der Waals surface area (Å²) < 4.78 is 5.39. The van der Waals surface area contributed by atoms with E-state index in [1.54, 1.807) is 14.2 Å². The molecule has 0 aliphatic rings. The zero-order valence-electron chi connectivity index (χ0n) is 10.9. The van der Waals surface area contributed by atoms with E-state index < -0.39 is 0 Å². The molecular formula is C14H16N3OS+. The van der Waals surface area contributed by atoms with E-state index in [0.29, 0.717) is 5.11 Å². The minimum absolute atomic E-state index is 0.524. The highest BCUT2D eigenvalue weighted by molar-refractivity contribution is 7.80. The van der Waals surface area contributed by atoms with Gasteiger partial charge in [-0.3, -0.25) is 0 Å². The van der Waals surface area contributed by atoms with Gasteiger partial charge < -0.3 is 10.1 Å². The molecule has 2 aromatic rings. The molecule has 2 aromatic carbocycles. The van der Waals surface area contributed by atoms with Gasteiger partial charge in [0.15, 0.2) is 0 Å². The number of hydrogen-bond acceptors (Lipinski definition) is 2. The van der Waals surface area contributed by atoms with E-state index in [9.17, 15) is 0 Å². The second-order valence-electron chi connectivity index (χ2n) is 3.90. The molecule has 98 valence electrons. The molecule has 0 unspecified atom stereocenters. The van der Waals surface area contributed by atoms with E-state index in [1.807, 2.05) is 30.5 Å². The van der Waals surface area contributed by atoms with E-state index in [-0.39, 0.29) is 0 Å². The molecule has 5 heteroatoms. The van der Waals surface area contributed by atoms with Gasteiger partial charge in [-0.15, -0.1) is 10.5 Å². The van der Waals surface area contributed by atoms with Crippen LogP contribution in [0.1, 0.15) is 5.56 Å². The van der Waals surface area contributed by atoms with Gasteiger partial charge in [-0.25, -0.2) is 0 Å². The van der Waals surface area contributed by atoms with Gasteiger partial charge >= 0.3 is 0 Å². The molecule has 0 aliphatic carbocycles. The second-order valence-corrected chi connectivity index (χ2v) is 4.30. The first-order chi connectivity index (χ1) is 9.26. The first kappa shape index (κ1) is 13.3. The molecule has 19 heavy (non-hydrogen) atoms. The van der Waals surface area contributed by atoms with Crippen LogP contribution in [0, 0.1) is 0 Å². The van der Waals surface area contributed by atoms with Crippen LogP contribution in [-0.2, 0) is 0 Å². The first-order valence-corrected chi connectivity index (χ1v) is 6.29. The predicted octanol–water partition coefficient (Wildman–Crippen LogP) is 0.357. The fourth-order valence-electron chi connectivity index (χ4n) is 1.84. The van der Waals surface area contributed by atoms with Crippen LogP contribution in [0.25, 0.3) is 10.8 Å². The van der Waals surface area contributed by atoms with E-state index in [4.69, 9.17) is 17.0 Å². The monoisotopic (exact) mass is 274 g/mol. The van der Waals surface area contributed by atoms with Crippen LogP contribution in [0.3, 0.4) is 0 Å². The maximum atomic E-state index is 5.39. The molecule has 0 aromatic heterocycles. The molecule has 0 spiro atoms. The Balaban J connectivity index is 2.41. The van der Waals surface area contributed by atoms with Crippen molar-refractivity contribution in [1.29, 1.82) is 0 Å². The van der Waals surface area contributed by atoms with Gasteiger partial charge in [0.2, 0.25) is 11.3 Å². The zero-order chi connectivity index (χ0) is 13.7. The molecule has 0 atom stereocenters. The maximum Gasteiger partial charge on any atom is 0.223 e. The lowest BCUT2D eigenvalue weighted by Crippen LogP contribution is -2.82. The van der Waals surface area contributed by atoms with Gasteiger partial charge in [0.05, 0.1) is 12.7 Å². The van der Waals surface area contributed by atoms with Gasteiger partial charge in [0, 0.05) is 7.05 Å². The van der Waals surface area contributed by atoms with Crippen LogP contribution >= 0.6 is 12.2 Å². The summed E-state index contributed by atoms with van der Waals surface area (Å²) in [7, 11) is 3.42. The molecular weight excluding hydrogens is 258 g/mol. The third-order valence-electron chi connectivity index (χ3n) is 2.78. The lowest BCUT2D eigenvalue weighted by molar-refractivity contribution is -0.500. The van der Waals surface area contributed by atoms with Crippen LogP contribution in [0.5, 0.6) is 5.75 Å². The van der Waals surface area contributed by atoms with Crippen molar-refractivity contribution in [2.24, 2.45) is 0 Å². The van der Waals surface area contributed by atoms with Crippen molar-refractivity contribution >= 4 is 34.3 Å². The Morgan fingerprint density at radius 1 is 1.26 bits per heavy atom. The molecule has 2 rings (SSSR count). The molecule has 0 amide bonds. The van der Waals surface area contributed by atoms with Crippen LogP contribution in [0.2, 0.25) is 0 Å². The van der Waals surface area contributed by atoms with Crippen molar-refractivity contribution in [1.82, 2.24) is 10.7 Å². The third kappa shape index (κ3) is 3.00. The number of rotatable bonds is 3. The van der Waals surface area contributed by atoms with Crippen molar-refractivity contribution in [2.75, 3.05) is 14.2 Å². The van der Waals surface area contributed by atoms with Crippen LogP contribution in [0.15, 0.2) is 36.4 Å². The minimum atomic E-state index is 0.524. The number of hydrazone groups is 1. The number of thiocarbonyl (C=S) groups is 1. The van der Waals surface area contributed by atoms with Crippen LogP contribution < -0.4 is 20.6 Å². The summed E-state index contributed by atoms with van der Waals surface area (Å²) in [5, 5.41) is 8.58. The predicted molar refractivity (Wildman–Crippen MR) is 81.4 cm³/mol. The summed E-state index contributed by atoms with van der Waals surface area (Å²) in [6.45, 7) is 0. The average molecular weight is 274 g/mol. The summed E-state index contributed by atoms with van der Waals surface area (Å²) in [6.07, 6.45) is 1.84. The Labute approximate surface area is 117 Å². The molecule has 0 radical (unpaired) electrons. The third-order valence-corrected chi connectivity index (χ3v) is 3.09. The highest BCUT2D eigenvalue weighted by Gasteiger charge is 2.08. The minimum Gasteiger partial charge on any atom is -0.496 e. The zero-order valence-corrected chi connectivity index (χ0v) is 11.7. The van der Waals surface area contributed by atoms with Crippen molar-refractivity contribution < 1.29 is 9.84 Å². The number of hydrazine groups is 1. The Morgan fingerprint density at radius 3 is 2.79 bits per heavy atom. The second kappa shape index (κ2) is 6.15. The van der Waals surface area contributed by atoms with Gasteiger partial charge in [-0.1, -0.05) is 30.3 Å². The highest BCUT2D eigenvalue weighted by atomic mass is 32.1. The maximum absolute atomic E-state index is 5.39. The van der Waals surface area contributed by atoms with E-state index in [0.717, 1.165) is 22.1 Å². The van der Waals surface area contributed by atoms with E-state index in [1.165, 1.54) is 0 Å². The number of nitrogens with one attached hydrogen (secondary N) is 3. The standard InChI is InChI=1S/C14H15N3OS/c1-15-14(19)17-16-9-12-11-6-4-3-5-10(11)7-8-13(12)18-2/h3-9H,1-2H3,(H2,15,17,19)/p+1. The van der Waals surface area contributed by atoms with Crippen molar-refractivity contribution in [2.45, 2.75) is 0 Å². The molecule has 0 aliphatic heterocycles. The molecule has 0 saturated carbocycles. The smallest absolute Gasteiger partial charge is 0.223 e. The molecule has 0 saturated heterocycles. The van der Waals surface area contributed by atoms with Gasteiger partial charge in [-0.2, -0.15) is 0 Å². The molecule has 0 heterocycles. The number of hydrogen-bond donors (Lipinski definition) is 3. The molecule has 3 N–H and O–H groups in total. The first-order valence-electron chi connectivity index (χ1n) is 5.88. The Bertz CT molecular complexity index is 625. The van der Waals surface area contributed by atoms with Gasteiger partial charge in [0.1, 0.15) is 5.75 Å². The van der Waals surface area contributed by atoms with Gasteiger partial charge in [0.25, 0.3) is 0 Å².